The molecule has 1 saturated carbocycles. The maximum Gasteiger partial charge on any atom is 0.181 e. The average Bonchev–Trinajstić information content (AvgIpc) is 3.22. The van der Waals surface area contributed by atoms with E-state index < -0.39 is 0 Å². The first-order valence-electron chi connectivity index (χ1n) is 7.25. The minimum atomic E-state index is 0.560. The Morgan fingerprint density at radius 2 is 1.95 bits per heavy atom. The Morgan fingerprint density at radius 3 is 2.67 bits per heavy atom. The molecule has 0 spiro atoms. The first-order chi connectivity index (χ1) is 10.3. The van der Waals surface area contributed by atoms with Gasteiger partial charge in [-0.3, -0.25) is 0 Å². The average molecular weight is 287 g/mol. The van der Waals surface area contributed by atoms with E-state index in [2.05, 4.69) is 4.98 Å². The Balaban J connectivity index is 1.77. The number of rotatable bonds is 4. The molecule has 0 amide bonds. The maximum absolute atomic E-state index is 5.65. The molecule has 2 aromatic rings. The van der Waals surface area contributed by atoms with Gasteiger partial charge in [0.25, 0.3) is 0 Å². The summed E-state index contributed by atoms with van der Waals surface area (Å²) >= 11 is 0. The van der Waals surface area contributed by atoms with Gasteiger partial charge in [-0.1, -0.05) is 0 Å². The van der Waals surface area contributed by atoms with Gasteiger partial charge >= 0.3 is 0 Å². The van der Waals surface area contributed by atoms with Gasteiger partial charge < -0.3 is 18.6 Å². The van der Waals surface area contributed by atoms with Gasteiger partial charge in [0, 0.05) is 6.07 Å². The Morgan fingerprint density at radius 1 is 1.19 bits per heavy atom. The van der Waals surface area contributed by atoms with E-state index in [1.54, 1.807) is 7.11 Å². The molecule has 0 bridgehead atoms. The molecule has 1 fully saturated rings. The van der Waals surface area contributed by atoms with Crippen LogP contribution in [0.2, 0.25) is 0 Å². The molecule has 2 heterocycles. The van der Waals surface area contributed by atoms with Crippen molar-refractivity contribution in [1.82, 2.24) is 4.98 Å². The second-order valence-electron chi connectivity index (χ2n) is 5.47. The van der Waals surface area contributed by atoms with Crippen LogP contribution in [0, 0.1) is 5.92 Å². The van der Waals surface area contributed by atoms with E-state index in [0.29, 0.717) is 24.7 Å². The maximum atomic E-state index is 5.65. The van der Waals surface area contributed by atoms with Crippen molar-refractivity contribution in [2.75, 3.05) is 20.3 Å². The van der Waals surface area contributed by atoms with Crippen LogP contribution >= 0.6 is 0 Å². The zero-order chi connectivity index (χ0) is 14.2. The third-order valence-electron chi connectivity index (χ3n) is 3.93. The number of hydrogen-bond donors (Lipinski definition) is 0. The van der Waals surface area contributed by atoms with Gasteiger partial charge in [0.05, 0.1) is 18.4 Å². The van der Waals surface area contributed by atoms with Crippen molar-refractivity contribution < 1.29 is 18.6 Å². The number of benzene rings is 1. The third kappa shape index (κ3) is 2.33. The normalized spacial score (nSPS) is 16.8. The van der Waals surface area contributed by atoms with Gasteiger partial charge in [-0.2, -0.15) is 0 Å². The Labute approximate surface area is 122 Å². The summed E-state index contributed by atoms with van der Waals surface area (Å²) in [6.07, 6.45) is 5.03. The van der Waals surface area contributed by atoms with Crippen molar-refractivity contribution >= 4 is 0 Å². The highest BCUT2D eigenvalue weighted by Gasteiger charge is 2.27. The molecule has 1 aromatic heterocycles. The smallest absolute Gasteiger partial charge is 0.181 e. The van der Waals surface area contributed by atoms with Gasteiger partial charge in [-0.15, -0.1) is 0 Å². The highest BCUT2D eigenvalue weighted by molar-refractivity contribution is 5.72. The summed E-state index contributed by atoms with van der Waals surface area (Å²) in [5, 5.41) is 0. The molecule has 5 heteroatoms. The first-order valence-corrected chi connectivity index (χ1v) is 7.25. The molecule has 110 valence electrons. The predicted molar refractivity (Wildman–Crippen MR) is 75.9 cm³/mol. The van der Waals surface area contributed by atoms with E-state index in [1.165, 1.54) is 19.2 Å². The van der Waals surface area contributed by atoms with E-state index in [9.17, 15) is 0 Å². The van der Waals surface area contributed by atoms with Gasteiger partial charge in [0.2, 0.25) is 0 Å². The van der Waals surface area contributed by atoms with Crippen LogP contribution in [0.4, 0.5) is 0 Å². The van der Waals surface area contributed by atoms with E-state index in [1.807, 2.05) is 12.1 Å². The summed E-state index contributed by atoms with van der Waals surface area (Å²) in [6, 6.07) is 3.78. The molecule has 1 aromatic carbocycles. The molecule has 5 nitrogen and oxygen atoms in total. The lowest BCUT2D eigenvalue weighted by Gasteiger charge is -2.20. The number of ether oxygens (including phenoxy) is 3. The summed E-state index contributed by atoms with van der Waals surface area (Å²) in [5.41, 5.74) is 1.86. The monoisotopic (exact) mass is 287 g/mol. The molecule has 1 aliphatic carbocycles. The van der Waals surface area contributed by atoms with Crippen molar-refractivity contribution in [1.29, 1.82) is 0 Å². The molecular formula is C16H17NO4. The second-order valence-corrected chi connectivity index (χ2v) is 5.47. The van der Waals surface area contributed by atoms with Crippen molar-refractivity contribution in [3.63, 3.8) is 0 Å². The quantitative estimate of drug-likeness (QED) is 0.865. The fourth-order valence-electron chi connectivity index (χ4n) is 2.65. The molecule has 21 heavy (non-hydrogen) atoms. The van der Waals surface area contributed by atoms with Crippen LogP contribution in [-0.2, 0) is 6.42 Å². The van der Waals surface area contributed by atoms with Gasteiger partial charge in [0.15, 0.2) is 23.7 Å². The molecule has 2 aliphatic rings. The number of hydrogen-bond acceptors (Lipinski definition) is 5. The summed E-state index contributed by atoms with van der Waals surface area (Å²) in [6.45, 7) is 1.12. The number of fused-ring (bicyclic) bond motifs is 1. The molecule has 0 atom stereocenters. The number of methoxy groups -OCH3 is 1. The largest absolute Gasteiger partial charge is 0.496 e. The van der Waals surface area contributed by atoms with E-state index >= 15 is 0 Å². The van der Waals surface area contributed by atoms with Crippen LogP contribution in [-0.4, -0.2) is 25.3 Å². The van der Waals surface area contributed by atoms with Crippen LogP contribution in [0.1, 0.15) is 18.5 Å². The first kappa shape index (κ1) is 12.6. The Hall–Kier alpha value is -2.17. The minimum absolute atomic E-state index is 0.560. The molecule has 0 radical (unpaired) electrons. The number of oxazole rings is 1. The van der Waals surface area contributed by atoms with Crippen molar-refractivity contribution in [2.45, 2.75) is 19.3 Å². The van der Waals surface area contributed by atoms with Gasteiger partial charge in [-0.05, 0) is 31.2 Å². The second kappa shape index (κ2) is 4.98. The zero-order valence-corrected chi connectivity index (χ0v) is 11.9. The SMILES string of the molecule is COc1cc2c(cc1-c1ocnc1CC1CC1)OCCO2. The lowest BCUT2D eigenvalue weighted by atomic mass is 10.1. The van der Waals surface area contributed by atoms with Crippen molar-refractivity contribution in [2.24, 2.45) is 5.92 Å². The third-order valence-corrected chi connectivity index (χ3v) is 3.93. The topological polar surface area (TPSA) is 53.7 Å². The van der Waals surface area contributed by atoms with E-state index in [-0.39, 0.29) is 0 Å². The summed E-state index contributed by atoms with van der Waals surface area (Å²) in [4.78, 5) is 4.37. The molecule has 0 N–H and O–H groups in total. The Bertz CT molecular complexity index is 660. The van der Waals surface area contributed by atoms with E-state index in [0.717, 1.165) is 35.1 Å². The van der Waals surface area contributed by atoms with Crippen molar-refractivity contribution in [3.8, 4) is 28.6 Å². The van der Waals surface area contributed by atoms with Crippen LogP contribution < -0.4 is 14.2 Å². The highest BCUT2D eigenvalue weighted by atomic mass is 16.6. The Kier molecular flexibility index (Phi) is 2.98. The number of aromatic nitrogens is 1. The minimum Gasteiger partial charge on any atom is -0.496 e. The molecule has 4 rings (SSSR count). The zero-order valence-electron chi connectivity index (χ0n) is 11.9. The lowest BCUT2D eigenvalue weighted by molar-refractivity contribution is 0.171. The molecule has 1 aliphatic heterocycles. The molecule has 0 unspecified atom stereocenters. The van der Waals surface area contributed by atoms with Crippen molar-refractivity contribution in [3.05, 3.63) is 24.2 Å². The lowest BCUT2D eigenvalue weighted by Crippen LogP contribution is -2.15. The van der Waals surface area contributed by atoms with Crippen LogP contribution in [0.3, 0.4) is 0 Å². The molecular weight excluding hydrogens is 270 g/mol. The highest BCUT2D eigenvalue weighted by Crippen LogP contribution is 2.43. The predicted octanol–water partition coefficient (Wildman–Crippen LogP) is 3.07. The van der Waals surface area contributed by atoms with Crippen LogP contribution in [0.15, 0.2) is 22.9 Å². The van der Waals surface area contributed by atoms with Crippen LogP contribution in [0.5, 0.6) is 17.2 Å². The van der Waals surface area contributed by atoms with E-state index in [4.69, 9.17) is 18.6 Å². The summed E-state index contributed by atoms with van der Waals surface area (Å²) in [7, 11) is 1.64. The number of nitrogens with zero attached hydrogens (tertiary/aromatic N) is 1. The summed E-state index contributed by atoms with van der Waals surface area (Å²) in [5.74, 6) is 3.68. The fourth-order valence-corrected chi connectivity index (χ4v) is 2.65. The van der Waals surface area contributed by atoms with Crippen LogP contribution in [0.25, 0.3) is 11.3 Å². The van der Waals surface area contributed by atoms with Gasteiger partial charge in [-0.25, -0.2) is 4.98 Å². The standard InChI is InChI=1S/C16H17NO4/c1-18-13-8-15-14(19-4-5-20-15)7-11(13)16-12(17-9-21-16)6-10-2-3-10/h7-10H,2-6H2,1H3. The fraction of sp³-hybridized carbons (Fsp3) is 0.438. The summed E-state index contributed by atoms with van der Waals surface area (Å²) < 4.78 is 22.4. The molecule has 0 saturated heterocycles. The van der Waals surface area contributed by atoms with Gasteiger partial charge in [0.1, 0.15) is 19.0 Å².